The summed E-state index contributed by atoms with van der Waals surface area (Å²) in [5.74, 6) is -0.280. The minimum absolute atomic E-state index is 0.0620. The maximum Gasteiger partial charge on any atom is 0.276 e. The molecule has 1 atom stereocenters. The summed E-state index contributed by atoms with van der Waals surface area (Å²) in [6.07, 6.45) is -0.280. The van der Waals surface area contributed by atoms with Crippen molar-refractivity contribution in [2.45, 2.75) is 58.5 Å². The van der Waals surface area contributed by atoms with Crippen LogP contribution >= 0.6 is 0 Å². The molecule has 2 heterocycles. The molecular weight excluding hydrogens is 462 g/mol. The fourth-order valence-corrected chi connectivity index (χ4v) is 4.51. The van der Waals surface area contributed by atoms with Crippen LogP contribution in [0.3, 0.4) is 0 Å². The van der Waals surface area contributed by atoms with Gasteiger partial charge in [0.2, 0.25) is 0 Å². The molecule has 3 aromatic rings. The van der Waals surface area contributed by atoms with Crippen LogP contribution in [-0.2, 0) is 5.54 Å². The van der Waals surface area contributed by atoms with Crippen LogP contribution in [-0.4, -0.2) is 34.3 Å². The number of hydrogen-bond acceptors (Lipinski definition) is 5. The highest BCUT2D eigenvalue weighted by Crippen LogP contribution is 2.44. The molecule has 0 unspecified atom stereocenters. The molecule has 0 bridgehead atoms. The Labute approximate surface area is 201 Å². The van der Waals surface area contributed by atoms with Gasteiger partial charge in [-0.15, -0.1) is 0 Å². The maximum atomic E-state index is 14.8. The molecule has 0 radical (unpaired) electrons. The van der Waals surface area contributed by atoms with Gasteiger partial charge in [0, 0.05) is 24.8 Å². The summed E-state index contributed by atoms with van der Waals surface area (Å²) in [4.78, 5) is 24.5. The van der Waals surface area contributed by atoms with E-state index in [0.717, 1.165) is 6.07 Å². The SMILES string of the molecule is CCN(CC)c1c(=O)n(C2(CF)CC2)cc2c(N[C@H](C)c3cccc(C(F)F)c3F)nc(C)nc12. The highest BCUT2D eigenvalue weighted by molar-refractivity contribution is 5.97. The van der Waals surface area contributed by atoms with Gasteiger partial charge in [-0.25, -0.2) is 27.5 Å². The summed E-state index contributed by atoms with van der Waals surface area (Å²) >= 11 is 0. The van der Waals surface area contributed by atoms with Crippen molar-refractivity contribution in [1.29, 1.82) is 0 Å². The van der Waals surface area contributed by atoms with E-state index in [-0.39, 0.29) is 11.1 Å². The van der Waals surface area contributed by atoms with E-state index in [1.54, 1.807) is 20.0 Å². The van der Waals surface area contributed by atoms with Gasteiger partial charge in [0.25, 0.3) is 12.0 Å². The van der Waals surface area contributed by atoms with Gasteiger partial charge in [-0.1, -0.05) is 18.2 Å². The zero-order valence-electron chi connectivity index (χ0n) is 20.2. The second-order valence-corrected chi connectivity index (χ2v) is 8.98. The Morgan fingerprint density at radius 1 is 1.17 bits per heavy atom. The summed E-state index contributed by atoms with van der Waals surface area (Å²) in [5, 5.41) is 3.60. The highest BCUT2D eigenvalue weighted by Gasteiger charge is 2.46. The van der Waals surface area contributed by atoms with Crippen molar-refractivity contribution in [2.75, 3.05) is 30.0 Å². The molecule has 0 amide bonds. The van der Waals surface area contributed by atoms with Gasteiger partial charge in [0.15, 0.2) is 0 Å². The summed E-state index contributed by atoms with van der Waals surface area (Å²) in [6.45, 7) is 7.57. The Balaban J connectivity index is 1.91. The fourth-order valence-electron chi connectivity index (χ4n) is 4.51. The monoisotopic (exact) mass is 491 g/mol. The number of aromatic nitrogens is 3. The van der Waals surface area contributed by atoms with Gasteiger partial charge in [-0.2, -0.15) is 0 Å². The van der Waals surface area contributed by atoms with Crippen LogP contribution in [0.25, 0.3) is 10.9 Å². The maximum absolute atomic E-state index is 14.8. The number of nitrogens with zero attached hydrogens (tertiary/aromatic N) is 4. The standard InChI is InChI=1S/C25H29F4N5O/c1-5-33(6-2)21-20-18(12-34(24(21)35)25(13-26)10-11-25)23(32-15(4)31-20)30-14(3)16-8-7-9-17(19(16)27)22(28)29/h7-9,12,14,22H,5-6,10-11,13H2,1-4H3,(H,30,31,32)/t14-/m1/s1. The third kappa shape index (κ3) is 4.34. The molecule has 1 aromatic carbocycles. The molecule has 1 aliphatic rings. The van der Waals surface area contributed by atoms with Gasteiger partial charge in [-0.05, 0) is 40.5 Å². The molecule has 6 nitrogen and oxygen atoms in total. The van der Waals surface area contributed by atoms with E-state index in [1.165, 1.54) is 16.7 Å². The molecule has 0 spiro atoms. The van der Waals surface area contributed by atoms with Crippen LogP contribution < -0.4 is 15.8 Å². The number of nitrogens with one attached hydrogen (secondary N) is 1. The number of pyridine rings is 1. The first-order valence-electron chi connectivity index (χ1n) is 11.8. The predicted octanol–water partition coefficient (Wildman–Crippen LogP) is 5.65. The molecule has 188 valence electrons. The van der Waals surface area contributed by atoms with Crippen LogP contribution in [0, 0.1) is 12.7 Å². The van der Waals surface area contributed by atoms with E-state index in [1.807, 2.05) is 18.7 Å². The topological polar surface area (TPSA) is 63.1 Å². The molecular formula is C25H29F4N5O. The number of halogens is 4. The summed E-state index contributed by atoms with van der Waals surface area (Å²) in [7, 11) is 0. The lowest BCUT2D eigenvalue weighted by Crippen LogP contribution is -2.37. The number of fused-ring (bicyclic) bond motifs is 1. The van der Waals surface area contributed by atoms with E-state index >= 15 is 0 Å². The van der Waals surface area contributed by atoms with Crippen molar-refractivity contribution >= 4 is 22.4 Å². The van der Waals surface area contributed by atoms with E-state index in [2.05, 4.69) is 15.3 Å². The summed E-state index contributed by atoms with van der Waals surface area (Å²) < 4.78 is 56.7. The zero-order valence-corrected chi connectivity index (χ0v) is 20.2. The molecule has 2 aromatic heterocycles. The Morgan fingerprint density at radius 2 is 1.83 bits per heavy atom. The van der Waals surface area contributed by atoms with Crippen LogP contribution in [0.1, 0.15) is 63.0 Å². The van der Waals surface area contributed by atoms with E-state index < -0.39 is 36.1 Å². The zero-order chi connectivity index (χ0) is 25.5. The normalized spacial score (nSPS) is 15.5. The first-order valence-corrected chi connectivity index (χ1v) is 11.8. The van der Waals surface area contributed by atoms with Crippen molar-refractivity contribution in [3.05, 3.63) is 57.5 Å². The van der Waals surface area contributed by atoms with Crippen molar-refractivity contribution in [2.24, 2.45) is 0 Å². The minimum Gasteiger partial charge on any atom is -0.366 e. The highest BCUT2D eigenvalue weighted by atomic mass is 19.3. The predicted molar refractivity (Wildman–Crippen MR) is 129 cm³/mol. The molecule has 1 N–H and O–H groups in total. The molecule has 0 saturated heterocycles. The van der Waals surface area contributed by atoms with E-state index in [0.29, 0.717) is 54.2 Å². The van der Waals surface area contributed by atoms with Crippen LogP contribution in [0.4, 0.5) is 29.1 Å². The van der Waals surface area contributed by atoms with Gasteiger partial charge in [0.1, 0.15) is 35.3 Å². The molecule has 1 aliphatic carbocycles. The number of aryl methyl sites for hydroxylation is 1. The second kappa shape index (κ2) is 9.47. The van der Waals surface area contributed by atoms with Gasteiger partial charge >= 0.3 is 0 Å². The molecule has 10 heteroatoms. The lowest BCUT2D eigenvalue weighted by atomic mass is 10.0. The Morgan fingerprint density at radius 3 is 2.40 bits per heavy atom. The van der Waals surface area contributed by atoms with Crippen LogP contribution in [0.15, 0.2) is 29.2 Å². The second-order valence-electron chi connectivity index (χ2n) is 8.98. The molecule has 4 rings (SSSR count). The van der Waals surface area contributed by atoms with Crippen LogP contribution in [0.5, 0.6) is 0 Å². The largest absolute Gasteiger partial charge is 0.366 e. The average molecular weight is 492 g/mol. The number of alkyl halides is 3. The van der Waals surface area contributed by atoms with E-state index in [4.69, 9.17) is 0 Å². The van der Waals surface area contributed by atoms with Crippen molar-refractivity contribution in [1.82, 2.24) is 14.5 Å². The fraction of sp³-hybridized carbons (Fsp3) is 0.480. The lowest BCUT2D eigenvalue weighted by molar-refractivity contribution is 0.146. The van der Waals surface area contributed by atoms with E-state index in [9.17, 15) is 22.4 Å². The average Bonchev–Trinajstić information content (AvgIpc) is 3.62. The molecule has 0 aliphatic heterocycles. The first kappa shape index (κ1) is 24.9. The number of benzene rings is 1. The molecule has 35 heavy (non-hydrogen) atoms. The minimum atomic E-state index is -2.94. The molecule has 1 saturated carbocycles. The van der Waals surface area contributed by atoms with Crippen molar-refractivity contribution in [3.63, 3.8) is 0 Å². The van der Waals surface area contributed by atoms with Crippen LogP contribution in [0.2, 0.25) is 0 Å². The van der Waals surface area contributed by atoms with Gasteiger partial charge < -0.3 is 14.8 Å². The Kier molecular flexibility index (Phi) is 6.75. The number of anilines is 2. The smallest absolute Gasteiger partial charge is 0.276 e. The van der Waals surface area contributed by atoms with Crippen molar-refractivity contribution < 1.29 is 17.6 Å². The Bertz CT molecular complexity index is 1300. The van der Waals surface area contributed by atoms with Gasteiger partial charge in [-0.3, -0.25) is 4.79 Å². The quantitative estimate of drug-likeness (QED) is 0.392. The lowest BCUT2D eigenvalue weighted by Gasteiger charge is -2.26. The van der Waals surface area contributed by atoms with Crippen molar-refractivity contribution in [3.8, 4) is 0 Å². The first-order chi connectivity index (χ1) is 16.7. The summed E-state index contributed by atoms with van der Waals surface area (Å²) in [5.41, 5.74) is -1.04. The Hall–Kier alpha value is -3.17. The number of hydrogen-bond donors (Lipinski definition) is 1. The number of rotatable bonds is 9. The van der Waals surface area contributed by atoms with Gasteiger partial charge in [0.05, 0.1) is 22.5 Å². The third-order valence-corrected chi connectivity index (χ3v) is 6.74. The molecule has 1 fully saturated rings. The summed E-state index contributed by atoms with van der Waals surface area (Å²) in [6, 6.07) is 3.16. The third-order valence-electron chi connectivity index (χ3n) is 6.74.